The minimum Gasteiger partial charge on any atom is -0.480 e. The molecule has 172 valence electrons. The molecule has 8 nitrogen and oxygen atoms in total. The van der Waals surface area contributed by atoms with Crippen molar-refractivity contribution in [3.63, 3.8) is 0 Å². The maximum absolute atomic E-state index is 12.5. The first-order valence-corrected chi connectivity index (χ1v) is 10.6. The molecule has 2 aromatic rings. The Labute approximate surface area is 196 Å². The third-order valence-corrected chi connectivity index (χ3v) is 5.03. The van der Waals surface area contributed by atoms with Gasteiger partial charge < -0.3 is 20.5 Å². The molecule has 1 aromatic heterocycles. The highest BCUT2D eigenvalue weighted by Crippen LogP contribution is 2.27. The summed E-state index contributed by atoms with van der Waals surface area (Å²) in [5, 5.41) is 15.0. The average Bonchev–Trinajstić information content (AvgIpc) is 2.67. The van der Waals surface area contributed by atoms with Gasteiger partial charge in [-0.3, -0.25) is 9.78 Å². The molecule has 0 aliphatic rings. The monoisotopic (exact) mass is 481 g/mol. The Kier molecular flexibility index (Phi) is 8.46. The number of aromatic nitrogens is 1. The average molecular weight is 482 g/mol. The first-order valence-electron chi connectivity index (χ1n) is 9.85. The number of carboxylic acid groups (broad SMARTS) is 1. The summed E-state index contributed by atoms with van der Waals surface area (Å²) in [5.41, 5.74) is 0.486. The minimum absolute atomic E-state index is 0.103. The van der Waals surface area contributed by atoms with Crippen LogP contribution in [-0.4, -0.2) is 39.7 Å². The van der Waals surface area contributed by atoms with E-state index in [4.69, 9.17) is 27.9 Å². The van der Waals surface area contributed by atoms with Gasteiger partial charge in [-0.05, 0) is 44.9 Å². The quantitative estimate of drug-likeness (QED) is 0.505. The van der Waals surface area contributed by atoms with Crippen LogP contribution in [0.15, 0.2) is 36.7 Å². The number of carbonyl (C=O) groups is 3. The Balaban J connectivity index is 2.18. The largest absolute Gasteiger partial charge is 0.480 e. The number of rotatable bonds is 7. The lowest BCUT2D eigenvalue weighted by Crippen LogP contribution is -2.46. The summed E-state index contributed by atoms with van der Waals surface area (Å²) in [6.07, 6.45) is 2.28. The third-order valence-electron chi connectivity index (χ3n) is 4.46. The van der Waals surface area contributed by atoms with E-state index in [1.165, 1.54) is 12.4 Å². The topological polar surface area (TPSA) is 118 Å². The molecule has 3 N–H and O–H groups in total. The number of amides is 2. The number of alkyl carbamates (subject to hydrolysis) is 1. The lowest BCUT2D eigenvalue weighted by molar-refractivity contribution is -0.140. The van der Waals surface area contributed by atoms with Gasteiger partial charge in [-0.2, -0.15) is 0 Å². The van der Waals surface area contributed by atoms with Gasteiger partial charge in [-0.1, -0.05) is 42.3 Å². The number of ether oxygens (including phenoxy) is 1. The summed E-state index contributed by atoms with van der Waals surface area (Å²) in [7, 11) is 0. The number of carbonyl (C=O) groups excluding carboxylic acids is 2. The zero-order valence-electron chi connectivity index (χ0n) is 18.1. The van der Waals surface area contributed by atoms with E-state index in [0.29, 0.717) is 17.7 Å². The minimum atomic E-state index is -1.19. The Bertz CT molecular complexity index is 970. The highest BCUT2D eigenvalue weighted by atomic mass is 35.5. The van der Waals surface area contributed by atoms with Crippen LogP contribution in [-0.2, 0) is 9.53 Å². The fourth-order valence-electron chi connectivity index (χ4n) is 3.07. The summed E-state index contributed by atoms with van der Waals surface area (Å²) < 4.78 is 5.19. The third kappa shape index (κ3) is 6.83. The standard InChI is InChI=1S/C22H25Cl2N3O5/c1-5-14(18(20(29)30)27-21(31)32-22(2,3)4)12-6-8-13(9-7-12)26-19(28)17-15(23)10-25-11-16(17)24/h6-11,14,18H,5H2,1-4H3,(H,26,28)(H,27,31)(H,29,30)/t14?,18-/m0/s1. The smallest absolute Gasteiger partial charge is 0.408 e. The van der Waals surface area contributed by atoms with Crippen LogP contribution in [0.1, 0.15) is 56.0 Å². The number of hydrogen-bond donors (Lipinski definition) is 3. The molecule has 1 unspecified atom stereocenters. The maximum Gasteiger partial charge on any atom is 0.408 e. The number of halogens is 2. The predicted molar refractivity (Wildman–Crippen MR) is 122 cm³/mol. The Morgan fingerprint density at radius 1 is 1.09 bits per heavy atom. The van der Waals surface area contributed by atoms with Crippen molar-refractivity contribution in [3.05, 3.63) is 57.8 Å². The van der Waals surface area contributed by atoms with Gasteiger partial charge in [0, 0.05) is 24.0 Å². The number of benzene rings is 1. The molecule has 0 radical (unpaired) electrons. The fourth-order valence-corrected chi connectivity index (χ4v) is 3.60. The van der Waals surface area contributed by atoms with Crippen LogP contribution in [0.2, 0.25) is 10.0 Å². The van der Waals surface area contributed by atoms with E-state index >= 15 is 0 Å². The first kappa shape index (κ1) is 25.4. The summed E-state index contributed by atoms with van der Waals surface area (Å²) in [6, 6.07) is 5.44. The van der Waals surface area contributed by atoms with Crippen molar-refractivity contribution in [2.24, 2.45) is 0 Å². The molecular weight excluding hydrogens is 457 g/mol. The lowest BCUT2D eigenvalue weighted by atomic mass is 9.89. The second-order valence-electron chi connectivity index (χ2n) is 8.03. The van der Waals surface area contributed by atoms with Crippen molar-refractivity contribution in [1.82, 2.24) is 10.3 Å². The Morgan fingerprint density at radius 3 is 2.12 bits per heavy atom. The molecule has 2 rings (SSSR count). The van der Waals surface area contributed by atoms with E-state index in [0.717, 1.165) is 0 Å². The normalized spacial score (nSPS) is 13.1. The van der Waals surface area contributed by atoms with Gasteiger partial charge in [0.2, 0.25) is 0 Å². The Morgan fingerprint density at radius 2 is 1.66 bits per heavy atom. The number of carboxylic acids is 1. The van der Waals surface area contributed by atoms with Gasteiger partial charge in [-0.15, -0.1) is 0 Å². The molecule has 0 bridgehead atoms. The number of pyridine rings is 1. The van der Waals surface area contributed by atoms with E-state index in [1.807, 2.05) is 6.92 Å². The van der Waals surface area contributed by atoms with E-state index in [2.05, 4.69) is 15.6 Å². The summed E-state index contributed by atoms with van der Waals surface area (Å²) >= 11 is 12.0. The van der Waals surface area contributed by atoms with Gasteiger partial charge in [0.05, 0.1) is 15.6 Å². The predicted octanol–water partition coefficient (Wildman–Crippen LogP) is 5.11. The van der Waals surface area contributed by atoms with Crippen LogP contribution in [0.5, 0.6) is 0 Å². The maximum atomic E-state index is 12.5. The molecule has 0 aliphatic heterocycles. The van der Waals surface area contributed by atoms with Crippen LogP contribution in [0.25, 0.3) is 0 Å². The van der Waals surface area contributed by atoms with Crippen LogP contribution >= 0.6 is 23.2 Å². The number of nitrogens with one attached hydrogen (secondary N) is 2. The molecule has 0 spiro atoms. The number of anilines is 1. The summed E-state index contributed by atoms with van der Waals surface area (Å²) in [4.78, 5) is 40.3. The zero-order valence-corrected chi connectivity index (χ0v) is 19.6. The van der Waals surface area contributed by atoms with E-state index in [9.17, 15) is 19.5 Å². The van der Waals surface area contributed by atoms with Gasteiger partial charge in [0.1, 0.15) is 11.6 Å². The van der Waals surface area contributed by atoms with E-state index in [-0.39, 0.29) is 15.6 Å². The molecular formula is C22H25Cl2N3O5. The number of hydrogen-bond acceptors (Lipinski definition) is 5. The van der Waals surface area contributed by atoms with Gasteiger partial charge >= 0.3 is 12.1 Å². The van der Waals surface area contributed by atoms with Gasteiger partial charge in [-0.25, -0.2) is 9.59 Å². The number of nitrogens with zero attached hydrogens (tertiary/aromatic N) is 1. The first-order chi connectivity index (χ1) is 14.9. The fraction of sp³-hybridized carbons (Fsp3) is 0.364. The molecule has 1 aromatic carbocycles. The van der Waals surface area contributed by atoms with Crippen molar-refractivity contribution in [3.8, 4) is 0 Å². The second kappa shape index (κ2) is 10.7. The summed E-state index contributed by atoms with van der Waals surface area (Å²) in [5.74, 6) is -2.20. The van der Waals surface area contributed by atoms with Crippen molar-refractivity contribution in [1.29, 1.82) is 0 Å². The zero-order chi connectivity index (χ0) is 24.1. The van der Waals surface area contributed by atoms with Gasteiger partial charge in [0.15, 0.2) is 0 Å². The molecule has 0 fully saturated rings. The van der Waals surface area contributed by atoms with E-state index < -0.39 is 35.5 Å². The molecule has 32 heavy (non-hydrogen) atoms. The lowest BCUT2D eigenvalue weighted by Gasteiger charge is -2.26. The molecule has 0 saturated heterocycles. The van der Waals surface area contributed by atoms with Crippen molar-refractivity contribution in [2.75, 3.05) is 5.32 Å². The molecule has 10 heteroatoms. The van der Waals surface area contributed by atoms with E-state index in [1.54, 1.807) is 45.0 Å². The van der Waals surface area contributed by atoms with Crippen LogP contribution < -0.4 is 10.6 Å². The highest BCUT2D eigenvalue weighted by molar-refractivity contribution is 6.40. The molecule has 0 saturated carbocycles. The molecule has 0 aliphatic carbocycles. The molecule has 2 atom stereocenters. The van der Waals surface area contributed by atoms with Crippen LogP contribution in [0.3, 0.4) is 0 Å². The van der Waals surface area contributed by atoms with Crippen LogP contribution in [0, 0.1) is 0 Å². The SMILES string of the molecule is CCC(c1ccc(NC(=O)c2c(Cl)cncc2Cl)cc1)[C@H](NC(=O)OC(C)(C)C)C(=O)O. The Hall–Kier alpha value is -2.84. The van der Waals surface area contributed by atoms with Crippen molar-refractivity contribution in [2.45, 2.75) is 51.7 Å². The molecule has 1 heterocycles. The number of aliphatic carboxylic acids is 1. The highest BCUT2D eigenvalue weighted by Gasteiger charge is 2.31. The second-order valence-corrected chi connectivity index (χ2v) is 8.85. The molecule has 2 amide bonds. The van der Waals surface area contributed by atoms with Gasteiger partial charge in [0.25, 0.3) is 5.91 Å². The van der Waals surface area contributed by atoms with Crippen molar-refractivity contribution >= 4 is 46.9 Å². The summed E-state index contributed by atoms with van der Waals surface area (Å²) in [6.45, 7) is 6.90. The van der Waals surface area contributed by atoms with Crippen molar-refractivity contribution < 1.29 is 24.2 Å². The van der Waals surface area contributed by atoms with Crippen LogP contribution in [0.4, 0.5) is 10.5 Å².